The Morgan fingerprint density at radius 3 is 2.71 bits per heavy atom. The summed E-state index contributed by atoms with van der Waals surface area (Å²) in [5.41, 5.74) is 0. The molecule has 1 aromatic heterocycles. The second-order valence-electron chi connectivity index (χ2n) is 4.75. The number of hydrogen-bond donors (Lipinski definition) is 1. The number of anilines is 2. The van der Waals surface area contributed by atoms with Crippen LogP contribution in [-0.4, -0.2) is 35.1 Å². The van der Waals surface area contributed by atoms with Gasteiger partial charge in [-0.3, -0.25) is 0 Å². The van der Waals surface area contributed by atoms with Crippen LogP contribution in [0.25, 0.3) is 0 Å². The Morgan fingerprint density at radius 1 is 1.19 bits per heavy atom. The van der Waals surface area contributed by atoms with Crippen molar-refractivity contribution in [3.63, 3.8) is 0 Å². The molecule has 7 heteroatoms. The number of aromatic nitrogens is 3. The maximum Gasteiger partial charge on any atom is 0.231 e. The average molecular weight is 305 g/mol. The van der Waals surface area contributed by atoms with Crippen molar-refractivity contribution in [2.45, 2.75) is 22.9 Å². The molecule has 2 heterocycles. The van der Waals surface area contributed by atoms with Gasteiger partial charge in [-0.15, -0.1) is 0 Å². The van der Waals surface area contributed by atoms with Crippen LogP contribution in [-0.2, 0) is 0 Å². The SMILES string of the molecule is CNc1nc(Sc2cccc(F)c2)nc(N2CCCC2)n1. The molecule has 0 atom stereocenters. The maximum atomic E-state index is 13.3. The third-order valence-corrected chi connectivity index (χ3v) is 4.08. The van der Waals surface area contributed by atoms with Crippen LogP contribution in [0, 0.1) is 5.82 Å². The second-order valence-corrected chi connectivity index (χ2v) is 5.79. The van der Waals surface area contributed by atoms with Crippen molar-refractivity contribution in [1.29, 1.82) is 0 Å². The predicted molar refractivity (Wildman–Crippen MR) is 81.3 cm³/mol. The zero-order chi connectivity index (χ0) is 14.7. The van der Waals surface area contributed by atoms with Crippen molar-refractivity contribution in [2.24, 2.45) is 0 Å². The summed E-state index contributed by atoms with van der Waals surface area (Å²) in [7, 11) is 1.78. The molecule has 1 N–H and O–H groups in total. The van der Waals surface area contributed by atoms with Gasteiger partial charge >= 0.3 is 0 Å². The molecule has 1 aliphatic rings. The third-order valence-electron chi connectivity index (χ3n) is 3.22. The van der Waals surface area contributed by atoms with Crippen molar-refractivity contribution in [2.75, 3.05) is 30.4 Å². The highest BCUT2D eigenvalue weighted by atomic mass is 32.2. The number of rotatable bonds is 4. The first-order valence-electron chi connectivity index (χ1n) is 6.87. The summed E-state index contributed by atoms with van der Waals surface area (Å²) in [5.74, 6) is 0.958. The standard InChI is InChI=1S/C14H16FN5S/c1-16-12-17-13(20-7-2-3-8-20)19-14(18-12)21-11-6-4-5-10(15)9-11/h4-6,9H,2-3,7-8H2,1H3,(H,16,17,18,19). The molecule has 1 saturated heterocycles. The van der Waals surface area contributed by atoms with E-state index < -0.39 is 0 Å². The fourth-order valence-electron chi connectivity index (χ4n) is 2.20. The van der Waals surface area contributed by atoms with Crippen LogP contribution in [0.15, 0.2) is 34.3 Å². The molecule has 0 bridgehead atoms. The molecule has 0 radical (unpaired) electrons. The van der Waals surface area contributed by atoms with Crippen LogP contribution < -0.4 is 10.2 Å². The molecule has 2 aromatic rings. The van der Waals surface area contributed by atoms with Gasteiger partial charge in [0.25, 0.3) is 0 Å². The summed E-state index contributed by atoms with van der Waals surface area (Å²) in [6.07, 6.45) is 2.32. The van der Waals surface area contributed by atoms with Crippen LogP contribution in [0.3, 0.4) is 0 Å². The third kappa shape index (κ3) is 3.41. The van der Waals surface area contributed by atoms with Gasteiger partial charge in [0.05, 0.1) is 0 Å². The molecule has 0 spiro atoms. The summed E-state index contributed by atoms with van der Waals surface area (Å²) in [5, 5.41) is 3.52. The first-order valence-corrected chi connectivity index (χ1v) is 7.68. The van der Waals surface area contributed by atoms with Gasteiger partial charge in [0, 0.05) is 25.0 Å². The number of halogens is 1. The van der Waals surface area contributed by atoms with Crippen LogP contribution >= 0.6 is 11.8 Å². The fourth-order valence-corrected chi connectivity index (χ4v) is 2.99. The van der Waals surface area contributed by atoms with E-state index in [4.69, 9.17) is 0 Å². The van der Waals surface area contributed by atoms with E-state index in [0.717, 1.165) is 30.8 Å². The van der Waals surface area contributed by atoms with Gasteiger partial charge in [-0.2, -0.15) is 15.0 Å². The van der Waals surface area contributed by atoms with E-state index in [-0.39, 0.29) is 5.82 Å². The lowest BCUT2D eigenvalue weighted by molar-refractivity contribution is 0.624. The van der Waals surface area contributed by atoms with Crippen molar-refractivity contribution in [3.8, 4) is 0 Å². The highest BCUT2D eigenvalue weighted by Crippen LogP contribution is 2.27. The number of hydrogen-bond acceptors (Lipinski definition) is 6. The summed E-state index contributed by atoms with van der Waals surface area (Å²) < 4.78 is 13.3. The molecule has 1 fully saturated rings. The van der Waals surface area contributed by atoms with Gasteiger partial charge in [-0.05, 0) is 42.8 Å². The Balaban J connectivity index is 1.88. The Hall–Kier alpha value is -1.89. The molecule has 3 rings (SSSR count). The molecule has 0 saturated carbocycles. The normalized spacial score (nSPS) is 14.5. The molecule has 0 unspecified atom stereocenters. The Kier molecular flexibility index (Phi) is 4.19. The van der Waals surface area contributed by atoms with Crippen molar-refractivity contribution in [1.82, 2.24) is 15.0 Å². The quantitative estimate of drug-likeness (QED) is 0.937. The zero-order valence-corrected chi connectivity index (χ0v) is 12.5. The van der Waals surface area contributed by atoms with Crippen LogP contribution in [0.4, 0.5) is 16.3 Å². The topological polar surface area (TPSA) is 53.9 Å². The zero-order valence-electron chi connectivity index (χ0n) is 11.7. The first-order chi connectivity index (χ1) is 10.2. The molecule has 0 aliphatic carbocycles. The lowest BCUT2D eigenvalue weighted by Crippen LogP contribution is -2.21. The largest absolute Gasteiger partial charge is 0.357 e. The van der Waals surface area contributed by atoms with E-state index in [2.05, 4.69) is 25.2 Å². The van der Waals surface area contributed by atoms with Gasteiger partial charge < -0.3 is 10.2 Å². The summed E-state index contributed by atoms with van der Waals surface area (Å²) in [6.45, 7) is 1.94. The molecular formula is C14H16FN5S. The molecule has 21 heavy (non-hydrogen) atoms. The minimum Gasteiger partial charge on any atom is -0.357 e. The smallest absolute Gasteiger partial charge is 0.231 e. The van der Waals surface area contributed by atoms with E-state index in [0.29, 0.717) is 17.1 Å². The van der Waals surface area contributed by atoms with Gasteiger partial charge in [0.2, 0.25) is 11.9 Å². The molecule has 110 valence electrons. The summed E-state index contributed by atoms with van der Waals surface area (Å²) in [4.78, 5) is 16.1. The molecule has 0 amide bonds. The number of nitrogens with one attached hydrogen (secondary N) is 1. The predicted octanol–water partition coefficient (Wildman–Crippen LogP) is 2.80. The Morgan fingerprint density at radius 2 is 2.00 bits per heavy atom. The minimum absolute atomic E-state index is 0.261. The number of nitrogens with zero attached hydrogens (tertiary/aromatic N) is 4. The van der Waals surface area contributed by atoms with Crippen LogP contribution in [0.5, 0.6) is 0 Å². The second kappa shape index (κ2) is 6.26. The van der Waals surface area contributed by atoms with Gasteiger partial charge in [0.15, 0.2) is 5.16 Å². The van der Waals surface area contributed by atoms with E-state index in [1.807, 2.05) is 6.07 Å². The molecular weight excluding hydrogens is 289 g/mol. The Labute approximate surface area is 127 Å². The van der Waals surface area contributed by atoms with E-state index in [1.165, 1.54) is 23.9 Å². The van der Waals surface area contributed by atoms with Crippen molar-refractivity contribution >= 4 is 23.7 Å². The van der Waals surface area contributed by atoms with Gasteiger partial charge in [-0.1, -0.05) is 6.07 Å². The van der Waals surface area contributed by atoms with E-state index in [9.17, 15) is 4.39 Å². The summed E-state index contributed by atoms with van der Waals surface area (Å²) in [6, 6.07) is 6.42. The van der Waals surface area contributed by atoms with Crippen LogP contribution in [0.1, 0.15) is 12.8 Å². The molecule has 1 aliphatic heterocycles. The fraction of sp³-hybridized carbons (Fsp3) is 0.357. The van der Waals surface area contributed by atoms with Crippen molar-refractivity contribution < 1.29 is 4.39 Å². The highest BCUT2D eigenvalue weighted by molar-refractivity contribution is 7.99. The van der Waals surface area contributed by atoms with E-state index >= 15 is 0 Å². The lowest BCUT2D eigenvalue weighted by atomic mass is 10.4. The molecule has 5 nitrogen and oxygen atoms in total. The van der Waals surface area contributed by atoms with Crippen molar-refractivity contribution in [3.05, 3.63) is 30.1 Å². The first kappa shape index (κ1) is 14.1. The molecule has 1 aromatic carbocycles. The summed E-state index contributed by atoms with van der Waals surface area (Å²) >= 11 is 1.34. The maximum absolute atomic E-state index is 13.3. The number of benzene rings is 1. The van der Waals surface area contributed by atoms with Gasteiger partial charge in [-0.25, -0.2) is 4.39 Å². The average Bonchev–Trinajstić information content (AvgIpc) is 3.01. The monoisotopic (exact) mass is 305 g/mol. The lowest BCUT2D eigenvalue weighted by Gasteiger charge is -2.16. The minimum atomic E-state index is -0.261. The Bertz CT molecular complexity index is 631. The van der Waals surface area contributed by atoms with Crippen LogP contribution in [0.2, 0.25) is 0 Å². The highest BCUT2D eigenvalue weighted by Gasteiger charge is 2.17. The van der Waals surface area contributed by atoms with Gasteiger partial charge in [0.1, 0.15) is 5.82 Å². The van der Waals surface area contributed by atoms with E-state index in [1.54, 1.807) is 13.1 Å².